The van der Waals surface area contributed by atoms with Crippen molar-refractivity contribution in [2.24, 2.45) is 0 Å². The first kappa shape index (κ1) is 16.5. The predicted octanol–water partition coefficient (Wildman–Crippen LogP) is 5.14. The summed E-state index contributed by atoms with van der Waals surface area (Å²) in [6, 6.07) is 12.0. The Hall–Kier alpha value is -2.92. The molecule has 0 saturated carbocycles. The Morgan fingerprint density at radius 1 is 0.962 bits per heavy atom. The third-order valence-corrected chi connectivity index (χ3v) is 4.64. The smallest absolute Gasteiger partial charge is 0.168 e. The number of hydrogen-bond acceptors (Lipinski definition) is 4. The van der Waals surface area contributed by atoms with Gasteiger partial charge in [0.05, 0.1) is 17.3 Å². The van der Waals surface area contributed by atoms with Gasteiger partial charge in [0.2, 0.25) is 0 Å². The summed E-state index contributed by atoms with van der Waals surface area (Å²) in [4.78, 5) is 8.84. The molecule has 0 spiro atoms. The van der Waals surface area contributed by atoms with Crippen molar-refractivity contribution in [1.29, 1.82) is 0 Å². The Bertz CT molecular complexity index is 1120. The number of fused-ring (bicyclic) bond motifs is 1. The number of benzene rings is 2. The molecule has 0 unspecified atom stereocenters. The summed E-state index contributed by atoms with van der Waals surface area (Å²) < 4.78 is 1.80. The lowest BCUT2D eigenvalue weighted by molar-refractivity contribution is 0.887. The van der Waals surface area contributed by atoms with Gasteiger partial charge < -0.3 is 5.32 Å². The molecular formula is C20H18ClN5. The third-order valence-electron chi connectivity index (χ3n) is 4.40. The van der Waals surface area contributed by atoms with Crippen LogP contribution in [-0.2, 0) is 0 Å². The number of anilines is 2. The van der Waals surface area contributed by atoms with Gasteiger partial charge in [-0.05, 0) is 50.1 Å². The molecule has 1 N–H and O–H groups in total. The highest BCUT2D eigenvalue weighted by atomic mass is 35.5. The van der Waals surface area contributed by atoms with Gasteiger partial charge in [-0.15, -0.1) is 0 Å². The van der Waals surface area contributed by atoms with Gasteiger partial charge >= 0.3 is 0 Å². The van der Waals surface area contributed by atoms with Crippen LogP contribution in [-0.4, -0.2) is 19.7 Å². The number of hydrogen-bond donors (Lipinski definition) is 1. The van der Waals surface area contributed by atoms with Crippen LogP contribution >= 0.6 is 11.6 Å². The van der Waals surface area contributed by atoms with E-state index in [1.54, 1.807) is 17.2 Å². The van der Waals surface area contributed by atoms with Crippen LogP contribution < -0.4 is 5.32 Å². The number of nitrogens with zero attached hydrogens (tertiary/aromatic N) is 4. The summed E-state index contributed by atoms with van der Waals surface area (Å²) in [5.74, 6) is 0.730. The topological polar surface area (TPSA) is 55.6 Å². The monoisotopic (exact) mass is 363 g/mol. The SMILES string of the molecule is Cc1ccc(Nc2ncnc3c2cnn3-c2cc(Cl)ccc2C)c(C)c1. The van der Waals surface area contributed by atoms with Gasteiger partial charge in [0, 0.05) is 10.7 Å². The molecule has 0 aliphatic rings. The van der Waals surface area contributed by atoms with Crippen molar-refractivity contribution in [2.75, 3.05) is 5.32 Å². The molecule has 0 saturated heterocycles. The highest BCUT2D eigenvalue weighted by Gasteiger charge is 2.13. The Morgan fingerprint density at radius 3 is 2.62 bits per heavy atom. The zero-order chi connectivity index (χ0) is 18.3. The van der Waals surface area contributed by atoms with Crippen molar-refractivity contribution in [1.82, 2.24) is 19.7 Å². The van der Waals surface area contributed by atoms with Crippen molar-refractivity contribution < 1.29 is 0 Å². The van der Waals surface area contributed by atoms with E-state index in [0.29, 0.717) is 5.02 Å². The van der Waals surface area contributed by atoms with Crippen molar-refractivity contribution in [2.45, 2.75) is 20.8 Å². The van der Waals surface area contributed by atoms with E-state index >= 15 is 0 Å². The Morgan fingerprint density at radius 2 is 1.81 bits per heavy atom. The summed E-state index contributed by atoms with van der Waals surface area (Å²) in [6.45, 7) is 6.18. The second-order valence-corrected chi connectivity index (χ2v) is 6.83. The molecule has 2 aromatic carbocycles. The van der Waals surface area contributed by atoms with Crippen molar-refractivity contribution >= 4 is 34.1 Å². The molecule has 2 aromatic heterocycles. The molecule has 0 amide bonds. The lowest BCUT2D eigenvalue weighted by Gasteiger charge is -2.11. The maximum absolute atomic E-state index is 6.17. The molecule has 0 radical (unpaired) electrons. The van der Waals surface area contributed by atoms with Crippen LogP contribution in [0, 0.1) is 20.8 Å². The van der Waals surface area contributed by atoms with Crippen molar-refractivity contribution in [3.8, 4) is 5.69 Å². The molecule has 0 aliphatic heterocycles. The van der Waals surface area contributed by atoms with E-state index in [0.717, 1.165) is 39.4 Å². The van der Waals surface area contributed by atoms with Gasteiger partial charge in [0.25, 0.3) is 0 Å². The van der Waals surface area contributed by atoms with Crippen LogP contribution in [0.2, 0.25) is 5.02 Å². The fourth-order valence-corrected chi connectivity index (χ4v) is 3.18. The summed E-state index contributed by atoms with van der Waals surface area (Å²) in [6.07, 6.45) is 3.33. The standard InChI is InChI=1S/C20H18ClN5/c1-12-4-7-17(14(3)8-12)25-19-16-10-24-26(20(16)23-11-22-19)18-9-15(21)6-5-13(18)2/h4-11H,1-3H3,(H,22,23,25). The van der Waals surface area contributed by atoms with E-state index in [1.807, 2.05) is 25.1 Å². The van der Waals surface area contributed by atoms with E-state index in [9.17, 15) is 0 Å². The number of nitrogens with one attached hydrogen (secondary N) is 1. The van der Waals surface area contributed by atoms with Crippen LogP contribution in [0.4, 0.5) is 11.5 Å². The van der Waals surface area contributed by atoms with Crippen LogP contribution in [0.1, 0.15) is 16.7 Å². The lowest BCUT2D eigenvalue weighted by Crippen LogP contribution is -2.02. The number of aryl methyl sites for hydroxylation is 3. The summed E-state index contributed by atoms with van der Waals surface area (Å²) in [5, 5.41) is 9.44. The van der Waals surface area contributed by atoms with E-state index in [-0.39, 0.29) is 0 Å². The first-order chi connectivity index (χ1) is 12.5. The quantitative estimate of drug-likeness (QED) is 0.547. The number of halogens is 1. The largest absolute Gasteiger partial charge is 0.339 e. The lowest BCUT2D eigenvalue weighted by atomic mass is 10.1. The average Bonchev–Trinajstić information content (AvgIpc) is 3.04. The van der Waals surface area contributed by atoms with Gasteiger partial charge in [0.15, 0.2) is 5.65 Å². The molecule has 0 bridgehead atoms. The van der Waals surface area contributed by atoms with Crippen molar-refractivity contribution in [3.05, 3.63) is 70.6 Å². The maximum atomic E-state index is 6.17. The highest BCUT2D eigenvalue weighted by molar-refractivity contribution is 6.30. The Balaban J connectivity index is 1.81. The molecule has 4 rings (SSSR count). The van der Waals surface area contributed by atoms with Crippen LogP contribution in [0.15, 0.2) is 48.9 Å². The minimum atomic E-state index is 0.664. The van der Waals surface area contributed by atoms with E-state index in [2.05, 4.69) is 52.4 Å². The van der Waals surface area contributed by atoms with E-state index in [1.165, 1.54) is 5.56 Å². The highest BCUT2D eigenvalue weighted by Crippen LogP contribution is 2.28. The molecule has 4 aromatic rings. The fourth-order valence-electron chi connectivity index (χ4n) is 3.01. The van der Waals surface area contributed by atoms with Crippen LogP contribution in [0.25, 0.3) is 16.7 Å². The molecule has 0 atom stereocenters. The normalized spacial score (nSPS) is 11.1. The summed E-state index contributed by atoms with van der Waals surface area (Å²) >= 11 is 6.17. The average molecular weight is 364 g/mol. The van der Waals surface area contributed by atoms with Crippen molar-refractivity contribution in [3.63, 3.8) is 0 Å². The first-order valence-corrected chi connectivity index (χ1v) is 8.70. The molecule has 130 valence electrons. The molecule has 6 heteroatoms. The molecule has 0 fully saturated rings. The zero-order valence-electron chi connectivity index (χ0n) is 14.8. The summed E-state index contributed by atoms with van der Waals surface area (Å²) in [7, 11) is 0. The van der Waals surface area contributed by atoms with Crippen LogP contribution in [0.5, 0.6) is 0 Å². The minimum Gasteiger partial charge on any atom is -0.339 e. The first-order valence-electron chi connectivity index (χ1n) is 8.32. The maximum Gasteiger partial charge on any atom is 0.168 e. The van der Waals surface area contributed by atoms with Crippen LogP contribution in [0.3, 0.4) is 0 Å². The Kier molecular flexibility index (Phi) is 4.09. The number of aromatic nitrogens is 4. The fraction of sp³-hybridized carbons (Fsp3) is 0.150. The molecule has 0 aliphatic carbocycles. The second-order valence-electron chi connectivity index (χ2n) is 6.39. The van der Waals surface area contributed by atoms with E-state index in [4.69, 9.17) is 11.6 Å². The third kappa shape index (κ3) is 2.91. The van der Waals surface area contributed by atoms with Gasteiger partial charge in [-0.3, -0.25) is 0 Å². The molecule has 26 heavy (non-hydrogen) atoms. The predicted molar refractivity (Wildman–Crippen MR) is 106 cm³/mol. The van der Waals surface area contributed by atoms with Gasteiger partial charge in [-0.1, -0.05) is 35.4 Å². The zero-order valence-corrected chi connectivity index (χ0v) is 15.5. The van der Waals surface area contributed by atoms with Gasteiger partial charge in [-0.2, -0.15) is 5.10 Å². The van der Waals surface area contributed by atoms with Gasteiger partial charge in [-0.25, -0.2) is 14.6 Å². The molecule has 2 heterocycles. The molecular weight excluding hydrogens is 346 g/mol. The molecule has 5 nitrogen and oxygen atoms in total. The number of rotatable bonds is 3. The summed E-state index contributed by atoms with van der Waals surface area (Å²) in [5.41, 5.74) is 6.12. The second kappa shape index (κ2) is 6.42. The van der Waals surface area contributed by atoms with Gasteiger partial charge in [0.1, 0.15) is 12.1 Å². The minimum absolute atomic E-state index is 0.664. The van der Waals surface area contributed by atoms with E-state index < -0.39 is 0 Å². The Labute approximate surface area is 156 Å².